The van der Waals surface area contributed by atoms with Crippen molar-refractivity contribution in [1.29, 1.82) is 0 Å². The molecule has 0 unspecified atom stereocenters. The standard InChI is InChI=1S/C10H23N3O2S/c1-11-6-10-16(14,15)12-5-9-13-7-3-2-4-8-13/h11-12H,2-10H2,1H3. The molecule has 1 saturated heterocycles. The van der Waals surface area contributed by atoms with E-state index in [9.17, 15) is 8.42 Å². The van der Waals surface area contributed by atoms with E-state index >= 15 is 0 Å². The van der Waals surface area contributed by atoms with Crippen LogP contribution in [0.3, 0.4) is 0 Å². The number of nitrogens with one attached hydrogen (secondary N) is 2. The molecule has 6 heteroatoms. The number of piperidine rings is 1. The van der Waals surface area contributed by atoms with Crippen molar-refractivity contribution in [1.82, 2.24) is 14.9 Å². The van der Waals surface area contributed by atoms with Crippen molar-refractivity contribution >= 4 is 10.0 Å². The third-order valence-electron chi connectivity index (χ3n) is 2.82. The van der Waals surface area contributed by atoms with Crippen LogP contribution in [-0.2, 0) is 10.0 Å². The van der Waals surface area contributed by atoms with Gasteiger partial charge >= 0.3 is 0 Å². The third-order valence-corrected chi connectivity index (χ3v) is 4.21. The number of rotatable bonds is 7. The fourth-order valence-corrected chi connectivity index (χ4v) is 2.87. The number of hydrogen-bond acceptors (Lipinski definition) is 4. The van der Waals surface area contributed by atoms with Crippen LogP contribution in [0.4, 0.5) is 0 Å². The second-order valence-electron chi connectivity index (χ2n) is 4.22. The van der Waals surface area contributed by atoms with Gasteiger partial charge in [0, 0.05) is 19.6 Å². The van der Waals surface area contributed by atoms with E-state index < -0.39 is 10.0 Å². The first-order chi connectivity index (χ1) is 7.64. The Morgan fingerprint density at radius 3 is 2.44 bits per heavy atom. The summed E-state index contributed by atoms with van der Waals surface area (Å²) in [6.07, 6.45) is 3.80. The molecule has 96 valence electrons. The maximum atomic E-state index is 11.5. The van der Waals surface area contributed by atoms with E-state index in [-0.39, 0.29) is 5.75 Å². The molecule has 0 saturated carbocycles. The fourth-order valence-electron chi connectivity index (χ4n) is 1.85. The molecule has 1 fully saturated rings. The number of sulfonamides is 1. The number of nitrogens with zero attached hydrogens (tertiary/aromatic N) is 1. The Balaban J connectivity index is 2.13. The number of likely N-dealkylation sites (tertiary alicyclic amines) is 1. The average molecular weight is 249 g/mol. The van der Waals surface area contributed by atoms with Gasteiger partial charge in [-0.15, -0.1) is 0 Å². The number of hydrogen-bond donors (Lipinski definition) is 2. The van der Waals surface area contributed by atoms with Crippen molar-refractivity contribution in [2.75, 3.05) is 45.5 Å². The van der Waals surface area contributed by atoms with Crippen LogP contribution in [0.15, 0.2) is 0 Å². The van der Waals surface area contributed by atoms with Gasteiger partial charge in [0.25, 0.3) is 0 Å². The smallest absolute Gasteiger partial charge is 0.212 e. The van der Waals surface area contributed by atoms with E-state index in [1.807, 2.05) is 0 Å². The first kappa shape index (κ1) is 13.9. The lowest BCUT2D eigenvalue weighted by atomic mass is 10.1. The van der Waals surface area contributed by atoms with Crippen molar-refractivity contribution in [2.24, 2.45) is 0 Å². The monoisotopic (exact) mass is 249 g/mol. The molecule has 0 atom stereocenters. The van der Waals surface area contributed by atoms with Gasteiger partial charge in [-0.25, -0.2) is 13.1 Å². The molecule has 0 aromatic rings. The summed E-state index contributed by atoms with van der Waals surface area (Å²) < 4.78 is 25.6. The molecule has 0 amide bonds. The Hall–Kier alpha value is -0.170. The second kappa shape index (κ2) is 7.21. The molecular weight excluding hydrogens is 226 g/mol. The molecule has 0 bridgehead atoms. The predicted octanol–water partition coefficient (Wildman–Crippen LogP) is -0.389. The van der Waals surface area contributed by atoms with E-state index in [0.29, 0.717) is 13.1 Å². The Bertz CT molecular complexity index is 274. The summed E-state index contributed by atoms with van der Waals surface area (Å²) in [7, 11) is -1.33. The predicted molar refractivity (Wildman–Crippen MR) is 66.0 cm³/mol. The minimum atomic E-state index is -3.08. The molecule has 2 N–H and O–H groups in total. The zero-order valence-electron chi connectivity index (χ0n) is 10.0. The Labute approximate surface area is 98.6 Å². The zero-order valence-corrected chi connectivity index (χ0v) is 10.9. The van der Waals surface area contributed by atoms with Gasteiger partial charge in [-0.05, 0) is 33.0 Å². The normalized spacial score (nSPS) is 18.8. The molecule has 0 aromatic carbocycles. The van der Waals surface area contributed by atoms with Gasteiger partial charge in [-0.3, -0.25) is 0 Å². The van der Waals surface area contributed by atoms with Crippen molar-refractivity contribution in [3.05, 3.63) is 0 Å². The van der Waals surface area contributed by atoms with Crippen LogP contribution in [0.5, 0.6) is 0 Å². The van der Waals surface area contributed by atoms with E-state index in [1.165, 1.54) is 19.3 Å². The van der Waals surface area contributed by atoms with Crippen LogP contribution in [0, 0.1) is 0 Å². The second-order valence-corrected chi connectivity index (χ2v) is 6.15. The molecule has 16 heavy (non-hydrogen) atoms. The maximum Gasteiger partial charge on any atom is 0.212 e. The van der Waals surface area contributed by atoms with Crippen molar-refractivity contribution < 1.29 is 8.42 Å². The summed E-state index contributed by atoms with van der Waals surface area (Å²) in [6, 6.07) is 0. The highest BCUT2D eigenvalue weighted by atomic mass is 32.2. The molecule has 0 radical (unpaired) electrons. The highest BCUT2D eigenvalue weighted by Gasteiger charge is 2.12. The van der Waals surface area contributed by atoms with Crippen LogP contribution in [-0.4, -0.2) is 58.8 Å². The molecule has 1 heterocycles. The molecule has 0 aliphatic carbocycles. The summed E-state index contributed by atoms with van der Waals surface area (Å²) in [4.78, 5) is 2.32. The molecule has 0 spiro atoms. The highest BCUT2D eigenvalue weighted by molar-refractivity contribution is 7.89. The maximum absolute atomic E-state index is 11.5. The van der Waals surface area contributed by atoms with Crippen molar-refractivity contribution in [3.8, 4) is 0 Å². The lowest BCUT2D eigenvalue weighted by molar-refractivity contribution is 0.233. The van der Waals surface area contributed by atoms with E-state index in [2.05, 4.69) is 14.9 Å². The minimum Gasteiger partial charge on any atom is -0.319 e. The summed E-state index contributed by atoms with van der Waals surface area (Å²) in [5.41, 5.74) is 0. The van der Waals surface area contributed by atoms with Gasteiger partial charge in [0.1, 0.15) is 0 Å². The van der Waals surface area contributed by atoms with Gasteiger partial charge in [-0.2, -0.15) is 0 Å². The SMILES string of the molecule is CNCCS(=O)(=O)NCCN1CCCCC1. The van der Waals surface area contributed by atoms with Crippen molar-refractivity contribution in [2.45, 2.75) is 19.3 Å². The topological polar surface area (TPSA) is 61.4 Å². The molecule has 1 aliphatic rings. The fraction of sp³-hybridized carbons (Fsp3) is 1.00. The first-order valence-corrected chi connectivity index (χ1v) is 7.63. The molecule has 1 rings (SSSR count). The van der Waals surface area contributed by atoms with Gasteiger partial charge in [0.15, 0.2) is 0 Å². The summed E-state index contributed by atoms with van der Waals surface area (Å²) >= 11 is 0. The van der Waals surface area contributed by atoms with Gasteiger partial charge in [0.2, 0.25) is 10.0 Å². The summed E-state index contributed by atoms with van der Waals surface area (Å²) in [5.74, 6) is 0.156. The Morgan fingerprint density at radius 2 is 1.81 bits per heavy atom. The van der Waals surface area contributed by atoms with Crippen LogP contribution in [0.1, 0.15) is 19.3 Å². The van der Waals surface area contributed by atoms with Gasteiger partial charge < -0.3 is 10.2 Å². The molecule has 5 nitrogen and oxygen atoms in total. The molecule has 0 aromatic heterocycles. The van der Waals surface area contributed by atoms with E-state index in [0.717, 1.165) is 19.6 Å². The van der Waals surface area contributed by atoms with Gasteiger partial charge in [-0.1, -0.05) is 6.42 Å². The van der Waals surface area contributed by atoms with Crippen LogP contribution in [0.25, 0.3) is 0 Å². The average Bonchev–Trinajstić information content (AvgIpc) is 2.28. The molecular formula is C10H23N3O2S. The van der Waals surface area contributed by atoms with Gasteiger partial charge in [0.05, 0.1) is 5.75 Å². The van der Waals surface area contributed by atoms with Crippen LogP contribution < -0.4 is 10.0 Å². The van der Waals surface area contributed by atoms with Crippen LogP contribution >= 0.6 is 0 Å². The quantitative estimate of drug-likeness (QED) is 0.645. The van der Waals surface area contributed by atoms with Crippen molar-refractivity contribution in [3.63, 3.8) is 0 Å². The molecule has 1 aliphatic heterocycles. The Kier molecular flexibility index (Phi) is 6.26. The summed E-state index contributed by atoms with van der Waals surface area (Å²) in [6.45, 7) is 4.08. The zero-order chi connectivity index (χ0) is 11.9. The Morgan fingerprint density at radius 1 is 1.12 bits per heavy atom. The largest absolute Gasteiger partial charge is 0.319 e. The lowest BCUT2D eigenvalue weighted by Gasteiger charge is -2.26. The van der Waals surface area contributed by atoms with E-state index in [4.69, 9.17) is 0 Å². The van der Waals surface area contributed by atoms with E-state index in [1.54, 1.807) is 7.05 Å². The summed E-state index contributed by atoms with van der Waals surface area (Å²) in [5, 5.41) is 2.83. The first-order valence-electron chi connectivity index (χ1n) is 5.98. The highest BCUT2D eigenvalue weighted by Crippen LogP contribution is 2.07. The lowest BCUT2D eigenvalue weighted by Crippen LogP contribution is -2.39. The minimum absolute atomic E-state index is 0.156. The third kappa shape index (κ3) is 5.79. The van der Waals surface area contributed by atoms with Crippen LogP contribution in [0.2, 0.25) is 0 Å².